The van der Waals surface area contributed by atoms with E-state index in [1.165, 1.54) is 6.33 Å². The van der Waals surface area contributed by atoms with Crippen molar-refractivity contribution in [1.29, 1.82) is 0 Å². The van der Waals surface area contributed by atoms with Gasteiger partial charge in [0.1, 0.15) is 17.9 Å². The maximum absolute atomic E-state index is 13.0. The zero-order chi connectivity index (χ0) is 13.2. The molecule has 0 atom stereocenters. The van der Waals surface area contributed by atoms with Gasteiger partial charge in [0, 0.05) is 25.3 Å². The Morgan fingerprint density at radius 3 is 2.78 bits per heavy atom. The molecule has 1 saturated carbocycles. The molecule has 0 amide bonds. The molecule has 0 aliphatic heterocycles. The first-order valence-corrected chi connectivity index (χ1v) is 6.29. The molecule has 2 rings (SSSR count). The van der Waals surface area contributed by atoms with E-state index in [9.17, 15) is 13.6 Å². The van der Waals surface area contributed by atoms with Crippen molar-refractivity contribution in [3.63, 3.8) is 0 Å². The Bertz CT molecular complexity index is 421. The van der Waals surface area contributed by atoms with Crippen molar-refractivity contribution in [3.05, 3.63) is 12.2 Å². The Labute approximate surface area is 104 Å². The molecule has 100 valence electrons. The van der Waals surface area contributed by atoms with Crippen LogP contribution in [-0.2, 0) is 17.8 Å². The highest BCUT2D eigenvalue weighted by molar-refractivity contribution is 5.82. The fourth-order valence-corrected chi connectivity index (χ4v) is 2.35. The maximum atomic E-state index is 13.0. The molecule has 0 bridgehead atoms. The number of halogens is 2. The van der Waals surface area contributed by atoms with Crippen molar-refractivity contribution in [2.24, 2.45) is 5.92 Å². The number of aromatic nitrogens is 3. The number of nitrogens with zero attached hydrogens (tertiary/aromatic N) is 3. The Morgan fingerprint density at radius 1 is 1.50 bits per heavy atom. The third-order valence-corrected chi connectivity index (χ3v) is 3.50. The summed E-state index contributed by atoms with van der Waals surface area (Å²) >= 11 is 0. The Balaban J connectivity index is 1.93. The summed E-state index contributed by atoms with van der Waals surface area (Å²) < 4.78 is 27.7. The predicted molar refractivity (Wildman–Crippen MR) is 61.3 cm³/mol. The van der Waals surface area contributed by atoms with Gasteiger partial charge in [0.15, 0.2) is 0 Å². The van der Waals surface area contributed by atoms with Crippen LogP contribution in [0.4, 0.5) is 8.78 Å². The second-order valence-corrected chi connectivity index (χ2v) is 4.77. The van der Waals surface area contributed by atoms with Crippen LogP contribution in [0.15, 0.2) is 6.33 Å². The Kier molecular flexibility index (Phi) is 3.73. The summed E-state index contributed by atoms with van der Waals surface area (Å²) in [5.74, 6) is -2.19. The van der Waals surface area contributed by atoms with Gasteiger partial charge in [-0.2, -0.15) is 5.10 Å². The molecule has 0 N–H and O–H groups in total. The summed E-state index contributed by atoms with van der Waals surface area (Å²) in [6.07, 6.45) is 1.83. The zero-order valence-electron chi connectivity index (χ0n) is 10.4. The monoisotopic (exact) mass is 257 g/mol. The first-order chi connectivity index (χ1) is 8.52. The molecule has 1 fully saturated rings. The van der Waals surface area contributed by atoms with Crippen LogP contribution in [-0.4, -0.2) is 26.5 Å². The molecule has 1 aliphatic rings. The number of alkyl halides is 2. The maximum Gasteiger partial charge on any atom is 0.248 e. The highest BCUT2D eigenvalue weighted by Crippen LogP contribution is 2.36. The zero-order valence-corrected chi connectivity index (χ0v) is 10.4. The van der Waals surface area contributed by atoms with Crippen molar-refractivity contribution >= 4 is 5.78 Å². The van der Waals surface area contributed by atoms with Crippen LogP contribution < -0.4 is 0 Å². The minimum absolute atomic E-state index is 0.00759. The molecule has 0 aromatic carbocycles. The Hall–Kier alpha value is -1.33. The molecule has 6 heteroatoms. The first-order valence-electron chi connectivity index (χ1n) is 6.29. The van der Waals surface area contributed by atoms with E-state index >= 15 is 0 Å². The van der Waals surface area contributed by atoms with Crippen LogP contribution in [0.1, 0.15) is 38.4 Å². The fraction of sp³-hybridized carbons (Fsp3) is 0.750. The van der Waals surface area contributed by atoms with E-state index in [2.05, 4.69) is 10.1 Å². The first kappa shape index (κ1) is 13.1. The summed E-state index contributed by atoms with van der Waals surface area (Å²) in [5.41, 5.74) is 0. The highest BCUT2D eigenvalue weighted by Gasteiger charge is 2.37. The van der Waals surface area contributed by atoms with Crippen LogP contribution in [0, 0.1) is 5.92 Å². The molecular weight excluding hydrogens is 240 g/mol. The minimum atomic E-state index is -2.58. The fourth-order valence-electron chi connectivity index (χ4n) is 2.35. The van der Waals surface area contributed by atoms with Crippen molar-refractivity contribution in [2.75, 3.05) is 0 Å². The number of Topliss-reactive ketones (excluding diaryl/α,β-unsaturated/α-hetero) is 1. The number of rotatable bonds is 4. The number of hydrogen-bond donors (Lipinski definition) is 0. The van der Waals surface area contributed by atoms with E-state index in [0.717, 1.165) is 0 Å². The lowest BCUT2D eigenvalue weighted by Gasteiger charge is -2.27. The number of carbonyl (C=O) groups is 1. The van der Waals surface area contributed by atoms with Crippen LogP contribution in [0.2, 0.25) is 0 Å². The smallest absolute Gasteiger partial charge is 0.248 e. The van der Waals surface area contributed by atoms with Gasteiger partial charge in [0.05, 0.1) is 6.42 Å². The lowest BCUT2D eigenvalue weighted by atomic mass is 9.83. The van der Waals surface area contributed by atoms with E-state index in [-0.39, 0.29) is 43.8 Å². The van der Waals surface area contributed by atoms with E-state index in [4.69, 9.17) is 0 Å². The topological polar surface area (TPSA) is 47.8 Å². The van der Waals surface area contributed by atoms with Gasteiger partial charge in [-0.05, 0) is 19.8 Å². The van der Waals surface area contributed by atoms with Crippen molar-refractivity contribution in [3.8, 4) is 0 Å². The van der Waals surface area contributed by atoms with Gasteiger partial charge in [-0.25, -0.2) is 18.4 Å². The largest absolute Gasteiger partial charge is 0.299 e. The van der Waals surface area contributed by atoms with E-state index < -0.39 is 5.92 Å². The van der Waals surface area contributed by atoms with E-state index in [1.54, 1.807) is 4.68 Å². The molecule has 1 heterocycles. The third-order valence-electron chi connectivity index (χ3n) is 3.50. The molecule has 0 saturated heterocycles. The van der Waals surface area contributed by atoms with Crippen LogP contribution in [0.3, 0.4) is 0 Å². The van der Waals surface area contributed by atoms with Crippen LogP contribution >= 0.6 is 0 Å². The minimum Gasteiger partial charge on any atom is -0.299 e. The molecule has 0 radical (unpaired) electrons. The van der Waals surface area contributed by atoms with Gasteiger partial charge < -0.3 is 0 Å². The molecule has 1 aromatic heterocycles. The molecule has 18 heavy (non-hydrogen) atoms. The van der Waals surface area contributed by atoms with Gasteiger partial charge in [-0.3, -0.25) is 4.79 Å². The summed E-state index contributed by atoms with van der Waals surface area (Å²) in [4.78, 5) is 16.1. The normalized spacial score (nSPS) is 19.9. The van der Waals surface area contributed by atoms with E-state index in [0.29, 0.717) is 12.4 Å². The average Bonchev–Trinajstić information content (AvgIpc) is 2.76. The van der Waals surface area contributed by atoms with E-state index in [1.807, 2.05) is 6.92 Å². The van der Waals surface area contributed by atoms with Crippen molar-refractivity contribution < 1.29 is 13.6 Å². The summed E-state index contributed by atoms with van der Waals surface area (Å²) in [7, 11) is 0. The molecule has 0 unspecified atom stereocenters. The lowest BCUT2D eigenvalue weighted by Crippen LogP contribution is -2.30. The molecular formula is C12H17F2N3O. The molecule has 4 nitrogen and oxygen atoms in total. The van der Waals surface area contributed by atoms with Crippen molar-refractivity contribution in [1.82, 2.24) is 14.8 Å². The SMILES string of the molecule is CCn1ncnc1CC(=O)C1CCC(F)(F)CC1. The molecule has 1 aliphatic carbocycles. The van der Waals surface area contributed by atoms with Gasteiger partial charge in [-0.1, -0.05) is 0 Å². The summed E-state index contributed by atoms with van der Waals surface area (Å²) in [6, 6.07) is 0. The average molecular weight is 257 g/mol. The number of hydrogen-bond acceptors (Lipinski definition) is 3. The lowest BCUT2D eigenvalue weighted by molar-refractivity contribution is -0.126. The number of ketones is 1. The van der Waals surface area contributed by atoms with Gasteiger partial charge >= 0.3 is 0 Å². The summed E-state index contributed by atoms with van der Waals surface area (Å²) in [5, 5.41) is 3.99. The number of carbonyl (C=O) groups excluding carboxylic acids is 1. The van der Waals surface area contributed by atoms with Crippen molar-refractivity contribution in [2.45, 2.75) is 51.5 Å². The molecule has 1 aromatic rings. The van der Waals surface area contributed by atoms with Crippen LogP contribution in [0.5, 0.6) is 0 Å². The number of aryl methyl sites for hydroxylation is 1. The highest BCUT2D eigenvalue weighted by atomic mass is 19.3. The second kappa shape index (κ2) is 5.12. The summed E-state index contributed by atoms with van der Waals surface area (Å²) in [6.45, 7) is 2.58. The van der Waals surface area contributed by atoms with Crippen LogP contribution in [0.25, 0.3) is 0 Å². The molecule has 0 spiro atoms. The quantitative estimate of drug-likeness (QED) is 0.831. The second-order valence-electron chi connectivity index (χ2n) is 4.77. The Morgan fingerprint density at radius 2 is 2.17 bits per heavy atom. The third kappa shape index (κ3) is 2.91. The predicted octanol–water partition coefficient (Wildman–Crippen LogP) is 2.24. The van der Waals surface area contributed by atoms with Gasteiger partial charge in [-0.15, -0.1) is 0 Å². The van der Waals surface area contributed by atoms with Gasteiger partial charge in [0.2, 0.25) is 5.92 Å². The van der Waals surface area contributed by atoms with Gasteiger partial charge in [0.25, 0.3) is 0 Å². The standard InChI is InChI=1S/C12H17F2N3O/c1-2-17-11(15-8-16-17)7-10(18)9-3-5-12(13,14)6-4-9/h8-9H,2-7H2,1H3.